The molecule has 379 valence electrons. The molecule has 6 aromatic rings. The molecule has 71 heavy (non-hydrogen) atoms. The standard InChI is InChI=1S/C36B2F30NO2/c39-7-1(8(40)20(52)31(63)19(7)51)37(2-9(41)21(53)32(64)22(54)10(2)42,3-11(43)23(55)33(65)24(56)12(3)44)70-69-71-38(4-13(45)25(57)34(66)26(58)14(4)46,5-15(47)27(59)35(67)28(60)16(5)48)6-17(49)29(61)36(68)30(62)18(6)50/q-2. The highest BCUT2D eigenvalue weighted by atomic mass is 19.2. The highest BCUT2D eigenvalue weighted by Crippen LogP contribution is 2.32. The van der Waals surface area contributed by atoms with Crippen LogP contribution < -0.4 is 38.4 Å². The molecular formula is C36B2F30NO2-2. The predicted octanol–water partition coefficient (Wildman–Crippen LogP) is 7.96. The molecule has 0 bridgehead atoms. The molecular weight excluding hydrogens is 1070 g/mol. The minimum absolute atomic E-state index is 1.58. The van der Waals surface area contributed by atoms with E-state index in [4.69, 9.17) is 0 Å². The number of nitrogens with zero attached hydrogens (tertiary/aromatic N) is 1. The molecule has 35 heteroatoms. The Hall–Kier alpha value is -6.77. The number of rotatable bonds is 10. The van der Waals surface area contributed by atoms with Crippen molar-refractivity contribution in [3.8, 4) is 0 Å². The SMILES string of the molecule is Fc1c(F)c(F)c([B-](O[N]O[B-](c2c(F)c(F)c(F)c(F)c2F)(c2c(F)c(F)c(F)c(F)c2F)c2c(F)c(F)c(F)c(F)c2F)(c2c(F)c(F)c(F)c(F)c2F)c2c(F)c(F)c(F)c(F)c2F)c(F)c1F. The Labute approximate surface area is 367 Å². The van der Waals surface area contributed by atoms with E-state index >= 15 is 105 Å². The first-order chi connectivity index (χ1) is 32.8. The van der Waals surface area contributed by atoms with Crippen molar-refractivity contribution >= 4 is 45.5 Å². The van der Waals surface area contributed by atoms with E-state index in [9.17, 15) is 26.3 Å². The molecule has 0 aliphatic carbocycles. The van der Waals surface area contributed by atoms with Crippen molar-refractivity contribution < 1.29 is 141 Å². The van der Waals surface area contributed by atoms with Crippen LogP contribution in [-0.4, -0.2) is 12.7 Å². The van der Waals surface area contributed by atoms with Gasteiger partial charge in [0.2, 0.25) is 12.7 Å². The van der Waals surface area contributed by atoms with Crippen LogP contribution in [0.4, 0.5) is 132 Å². The summed E-state index contributed by atoms with van der Waals surface area (Å²) in [6.45, 7) is 0. The number of benzene rings is 6. The third-order valence-corrected chi connectivity index (χ3v) is 10.3. The molecule has 6 rings (SSSR count). The second-order valence-electron chi connectivity index (χ2n) is 13.8. The van der Waals surface area contributed by atoms with Crippen molar-refractivity contribution in [3.05, 3.63) is 175 Å². The quantitative estimate of drug-likeness (QED) is 0.0459. The molecule has 6 aromatic carbocycles. The van der Waals surface area contributed by atoms with E-state index in [0.717, 1.165) is 0 Å². The number of hydrogen-bond donors (Lipinski definition) is 0. The topological polar surface area (TPSA) is 32.6 Å². The molecule has 0 N–H and O–H groups in total. The lowest BCUT2D eigenvalue weighted by atomic mass is 9.27. The summed E-state index contributed by atoms with van der Waals surface area (Å²) < 4.78 is 466. The smallest absolute Gasteiger partial charge is 0.239 e. The van der Waals surface area contributed by atoms with Crippen LogP contribution in [0.3, 0.4) is 0 Å². The van der Waals surface area contributed by atoms with Gasteiger partial charge in [0, 0.05) is 0 Å². The van der Waals surface area contributed by atoms with Gasteiger partial charge in [0.15, 0.2) is 105 Å². The number of halogens is 30. The fourth-order valence-electron chi connectivity index (χ4n) is 7.21. The second kappa shape index (κ2) is 18.1. The van der Waals surface area contributed by atoms with Crippen molar-refractivity contribution in [3.63, 3.8) is 0 Å². The molecule has 0 heterocycles. The van der Waals surface area contributed by atoms with Crippen molar-refractivity contribution in [2.24, 2.45) is 0 Å². The van der Waals surface area contributed by atoms with Crippen LogP contribution in [0.15, 0.2) is 0 Å². The molecule has 0 aliphatic heterocycles. The van der Waals surface area contributed by atoms with E-state index in [-0.39, 0.29) is 0 Å². The summed E-state index contributed by atoms with van der Waals surface area (Å²) in [6, 6.07) is 0. The average molecular weight is 1070 g/mol. The first kappa shape index (κ1) is 53.6. The molecule has 0 aromatic heterocycles. The van der Waals surface area contributed by atoms with Gasteiger partial charge in [0.1, 0.15) is 69.8 Å². The van der Waals surface area contributed by atoms with Gasteiger partial charge in [0.25, 0.3) is 0 Å². The maximum absolute atomic E-state index is 16.0. The van der Waals surface area contributed by atoms with Gasteiger partial charge in [-0.2, -0.15) is 0 Å². The Balaban J connectivity index is 1.98. The van der Waals surface area contributed by atoms with Crippen LogP contribution in [0.5, 0.6) is 0 Å². The third-order valence-electron chi connectivity index (χ3n) is 10.3. The molecule has 0 atom stereocenters. The Morgan fingerprint density at radius 3 is 0.338 bits per heavy atom. The Morgan fingerprint density at radius 1 is 0.155 bits per heavy atom. The summed E-state index contributed by atoms with van der Waals surface area (Å²) in [7, 11) is 0. The lowest BCUT2D eigenvalue weighted by Crippen LogP contribution is -2.78. The van der Waals surface area contributed by atoms with Crippen LogP contribution in [0.1, 0.15) is 0 Å². The van der Waals surface area contributed by atoms with Crippen LogP contribution in [0.2, 0.25) is 0 Å². The van der Waals surface area contributed by atoms with Gasteiger partial charge in [-0.25, -0.2) is 132 Å². The zero-order valence-electron chi connectivity index (χ0n) is 31.8. The van der Waals surface area contributed by atoms with Crippen molar-refractivity contribution in [2.75, 3.05) is 0 Å². The van der Waals surface area contributed by atoms with E-state index in [2.05, 4.69) is 9.51 Å². The largest absolute Gasteiger partial charge is 0.461 e. The van der Waals surface area contributed by atoms with Crippen molar-refractivity contribution in [1.82, 2.24) is 5.64 Å². The molecule has 3 nitrogen and oxygen atoms in total. The van der Waals surface area contributed by atoms with Crippen LogP contribution in [0, 0.1) is 175 Å². The van der Waals surface area contributed by atoms with E-state index in [1.165, 1.54) is 0 Å². The first-order valence-corrected chi connectivity index (χ1v) is 17.2. The van der Waals surface area contributed by atoms with Crippen molar-refractivity contribution in [2.45, 2.75) is 0 Å². The van der Waals surface area contributed by atoms with Gasteiger partial charge < -0.3 is 9.51 Å². The molecule has 1 radical (unpaired) electrons. The molecule has 0 fully saturated rings. The monoisotopic (exact) mass is 1070 g/mol. The van der Waals surface area contributed by atoms with Gasteiger partial charge in [-0.05, 0) is 5.64 Å². The van der Waals surface area contributed by atoms with E-state index in [1.54, 1.807) is 5.64 Å². The highest BCUT2D eigenvalue weighted by Gasteiger charge is 2.54. The van der Waals surface area contributed by atoms with Crippen LogP contribution in [-0.2, 0) is 9.51 Å². The Kier molecular flexibility index (Phi) is 13.7. The summed E-state index contributed by atoms with van der Waals surface area (Å²) in [6.07, 6.45) is -15.6. The first-order valence-electron chi connectivity index (χ1n) is 17.2. The summed E-state index contributed by atoms with van der Waals surface area (Å²) in [5, 5.41) is 0. The van der Waals surface area contributed by atoms with E-state index in [0.29, 0.717) is 0 Å². The fourth-order valence-corrected chi connectivity index (χ4v) is 7.21. The Morgan fingerprint density at radius 2 is 0.239 bits per heavy atom. The molecule has 0 spiro atoms. The summed E-state index contributed by atoms with van der Waals surface area (Å²) >= 11 is 0. The van der Waals surface area contributed by atoms with Gasteiger partial charge in [0.05, 0.1) is 0 Å². The molecule has 0 unspecified atom stereocenters. The number of hydrogen-bond acceptors (Lipinski definition) is 2. The third kappa shape index (κ3) is 7.22. The van der Waals surface area contributed by atoms with Gasteiger partial charge >= 0.3 is 0 Å². The normalized spacial score (nSPS) is 12.3. The lowest BCUT2D eigenvalue weighted by Gasteiger charge is -2.47. The lowest BCUT2D eigenvalue weighted by molar-refractivity contribution is -0.0379. The van der Waals surface area contributed by atoms with Crippen LogP contribution >= 0.6 is 0 Å². The maximum Gasteiger partial charge on any atom is 0.239 e. The van der Waals surface area contributed by atoms with Gasteiger partial charge in [-0.15, -0.1) is 0 Å². The fraction of sp³-hybridized carbons (Fsp3) is 0. The summed E-state index contributed by atoms with van der Waals surface area (Å²) in [5.41, 5.74) is -22.1. The zero-order valence-corrected chi connectivity index (χ0v) is 31.8. The minimum atomic E-state index is -7.78. The molecule has 0 amide bonds. The Bertz CT molecular complexity index is 2610. The van der Waals surface area contributed by atoms with Crippen molar-refractivity contribution in [1.29, 1.82) is 0 Å². The van der Waals surface area contributed by atoms with Crippen LogP contribution in [0.25, 0.3) is 0 Å². The maximum atomic E-state index is 16.0. The summed E-state index contributed by atoms with van der Waals surface area (Å²) in [4.78, 5) is 0. The predicted molar refractivity (Wildman–Crippen MR) is 171 cm³/mol. The van der Waals surface area contributed by atoms with Gasteiger partial charge in [-0.1, -0.05) is 32.8 Å². The van der Waals surface area contributed by atoms with E-state index in [1.807, 2.05) is 0 Å². The minimum Gasteiger partial charge on any atom is -0.461 e. The molecule has 0 aliphatic rings. The highest BCUT2D eigenvalue weighted by molar-refractivity contribution is 7.08. The molecule has 0 saturated carbocycles. The second-order valence-corrected chi connectivity index (χ2v) is 13.8. The zero-order chi connectivity index (χ0) is 53.9. The molecule has 0 saturated heterocycles. The summed E-state index contributed by atoms with van der Waals surface area (Å²) in [5.74, 6) is -116. The van der Waals surface area contributed by atoms with Gasteiger partial charge in [-0.3, -0.25) is 0 Å². The van der Waals surface area contributed by atoms with E-state index < -0.39 is 220 Å². The average Bonchev–Trinajstić information content (AvgIpc) is 3.33.